The average molecular weight is 499 g/mol. The Morgan fingerprint density at radius 2 is 1.97 bits per heavy atom. The number of phenols is 1. The van der Waals surface area contributed by atoms with Crippen molar-refractivity contribution in [2.45, 2.75) is 38.5 Å². The minimum Gasteiger partial charge on any atom is -0.505 e. The second-order valence-corrected chi connectivity index (χ2v) is 8.77. The Bertz CT molecular complexity index is 1290. The number of rotatable bonds is 5. The molecule has 0 saturated carbocycles. The van der Waals surface area contributed by atoms with Crippen LogP contribution in [0.25, 0.3) is 6.08 Å². The van der Waals surface area contributed by atoms with Gasteiger partial charge in [-0.25, -0.2) is 4.79 Å². The molecule has 3 unspecified atom stereocenters. The molecule has 3 atom stereocenters. The normalized spacial score (nSPS) is 25.1. The van der Waals surface area contributed by atoms with Crippen molar-refractivity contribution in [3.8, 4) is 5.75 Å². The molecule has 2 aliphatic carbocycles. The third-order valence-electron chi connectivity index (χ3n) is 6.48. The Balaban J connectivity index is 1.69. The number of para-hydroxylation sites is 1. The predicted molar refractivity (Wildman–Crippen MR) is 129 cm³/mol. The summed E-state index contributed by atoms with van der Waals surface area (Å²) in [7, 11) is 0. The quantitative estimate of drug-likeness (QED) is 0.307. The van der Waals surface area contributed by atoms with Gasteiger partial charge in [0.1, 0.15) is 11.5 Å². The minimum absolute atomic E-state index is 0.0110. The Hall–Kier alpha value is -4.08. The number of hydrogen-bond donors (Lipinski definition) is 3. The second kappa shape index (κ2) is 9.52. The van der Waals surface area contributed by atoms with Crippen LogP contribution in [0.15, 0.2) is 76.5 Å². The number of amides is 1. The van der Waals surface area contributed by atoms with Crippen LogP contribution >= 0.6 is 0 Å². The van der Waals surface area contributed by atoms with E-state index >= 15 is 0 Å². The number of carbonyl (C=O) groups excluding carboxylic acids is 1. The molecule has 1 aromatic carbocycles. The molecule has 1 amide bonds. The minimum atomic E-state index is -4.56. The molecule has 36 heavy (non-hydrogen) atoms. The first-order valence-electron chi connectivity index (χ1n) is 11.2. The van der Waals surface area contributed by atoms with Gasteiger partial charge in [0.2, 0.25) is 0 Å². The molecule has 1 heterocycles. The van der Waals surface area contributed by atoms with Gasteiger partial charge in [0.05, 0.1) is 29.3 Å². The van der Waals surface area contributed by atoms with E-state index in [9.17, 15) is 27.9 Å². The maximum atomic E-state index is 13.5. The lowest BCUT2D eigenvalue weighted by Crippen LogP contribution is -2.43. The van der Waals surface area contributed by atoms with Crippen LogP contribution in [0.1, 0.15) is 25.8 Å². The summed E-state index contributed by atoms with van der Waals surface area (Å²) in [6.45, 7) is 3.82. The van der Waals surface area contributed by atoms with Crippen LogP contribution in [0.2, 0.25) is 0 Å². The summed E-state index contributed by atoms with van der Waals surface area (Å²) in [6, 6.07) is 3.21. The number of carboxylic acid groups (broad SMARTS) is 1. The molecule has 0 spiro atoms. The predicted octanol–water partition coefficient (Wildman–Crippen LogP) is 4.81. The zero-order valence-corrected chi connectivity index (χ0v) is 19.5. The number of phenolic OH excluding ortho intramolecular Hbond substituents is 1. The largest absolute Gasteiger partial charge is 0.505 e. The number of anilines is 1. The van der Waals surface area contributed by atoms with Crippen molar-refractivity contribution >= 4 is 29.4 Å². The smallest absolute Gasteiger partial charge is 0.416 e. The standard InChI is InChI=1S/C26H24F3N3O4/c1-14-6-9-18(12-15(14)2)32-21-13-17(26(27,28)29)8-10-19(21)23(25(32)36)31-30-20-5-3-4-16(24(20)35)7-11-22(33)34/h3-8,10-13,18-19,21,30,35H,9H2,1-2H3,(H,33,34)/b11-7-,31-23-. The third kappa shape index (κ3) is 4.84. The number of nitrogens with zero attached hydrogens (tertiary/aromatic N) is 2. The van der Waals surface area contributed by atoms with Crippen LogP contribution in [-0.2, 0) is 9.59 Å². The number of fused-ring (bicyclic) bond motifs is 1. The number of hydrogen-bond acceptors (Lipinski definition) is 5. The van der Waals surface area contributed by atoms with Crippen molar-refractivity contribution in [3.05, 3.63) is 76.9 Å². The van der Waals surface area contributed by atoms with Crippen LogP contribution in [-0.4, -0.2) is 51.0 Å². The number of carboxylic acids is 1. The molecule has 1 fully saturated rings. The summed E-state index contributed by atoms with van der Waals surface area (Å²) >= 11 is 0. The number of aromatic hydroxyl groups is 1. The van der Waals surface area contributed by atoms with Gasteiger partial charge in [-0.15, -0.1) is 0 Å². The molecule has 0 bridgehead atoms. The zero-order valence-electron chi connectivity index (χ0n) is 19.5. The number of nitrogens with one attached hydrogen (secondary N) is 1. The Morgan fingerprint density at radius 3 is 2.64 bits per heavy atom. The fourth-order valence-corrected chi connectivity index (χ4v) is 4.47. The number of halogens is 3. The number of carbonyl (C=O) groups is 2. The molecular weight excluding hydrogens is 475 g/mol. The van der Waals surface area contributed by atoms with Gasteiger partial charge in [-0.3, -0.25) is 10.2 Å². The summed E-state index contributed by atoms with van der Waals surface area (Å²) in [6.07, 6.45) is 5.16. The molecule has 0 aromatic heterocycles. The van der Waals surface area contributed by atoms with Crippen LogP contribution in [0.5, 0.6) is 5.75 Å². The summed E-state index contributed by atoms with van der Waals surface area (Å²) in [5, 5.41) is 23.5. The fraction of sp³-hybridized carbons (Fsp3) is 0.269. The van der Waals surface area contributed by atoms with Crippen molar-refractivity contribution in [1.82, 2.24) is 4.90 Å². The number of likely N-dealkylation sites (tertiary alicyclic amines) is 1. The Morgan fingerprint density at radius 1 is 1.22 bits per heavy atom. The lowest BCUT2D eigenvalue weighted by Gasteiger charge is -2.34. The van der Waals surface area contributed by atoms with E-state index in [-0.39, 0.29) is 22.7 Å². The highest BCUT2D eigenvalue weighted by Crippen LogP contribution is 2.39. The monoisotopic (exact) mass is 499 g/mol. The first-order valence-corrected chi connectivity index (χ1v) is 11.2. The van der Waals surface area contributed by atoms with E-state index in [1.54, 1.807) is 6.07 Å². The van der Waals surface area contributed by atoms with Crippen LogP contribution in [0.3, 0.4) is 0 Å². The van der Waals surface area contributed by atoms with Crippen molar-refractivity contribution < 1.29 is 33.0 Å². The zero-order chi connectivity index (χ0) is 26.2. The highest BCUT2D eigenvalue weighted by Gasteiger charge is 2.49. The van der Waals surface area contributed by atoms with Gasteiger partial charge in [0.25, 0.3) is 5.91 Å². The molecule has 7 nitrogen and oxygen atoms in total. The molecule has 10 heteroatoms. The number of benzene rings is 1. The SMILES string of the molecule is CC1=CCC(N2C(=O)/C(=N\Nc3cccc(/C=C\C(=O)O)c3O)C3C=CC(C(F)(F)F)=CC32)C=C1C. The van der Waals surface area contributed by atoms with Gasteiger partial charge in [0, 0.05) is 11.6 Å². The molecule has 3 N–H and O–H groups in total. The van der Waals surface area contributed by atoms with Gasteiger partial charge < -0.3 is 15.1 Å². The molecular formula is C26H24F3N3O4. The van der Waals surface area contributed by atoms with E-state index in [2.05, 4.69) is 10.5 Å². The first kappa shape index (κ1) is 25.0. The molecule has 1 aliphatic heterocycles. The lowest BCUT2D eigenvalue weighted by atomic mass is 9.89. The van der Waals surface area contributed by atoms with E-state index in [0.717, 1.165) is 29.4 Å². The van der Waals surface area contributed by atoms with Gasteiger partial charge in [-0.1, -0.05) is 47.6 Å². The van der Waals surface area contributed by atoms with Crippen molar-refractivity contribution in [3.63, 3.8) is 0 Å². The van der Waals surface area contributed by atoms with Crippen LogP contribution in [0.4, 0.5) is 18.9 Å². The Kier molecular flexibility index (Phi) is 6.62. The van der Waals surface area contributed by atoms with E-state index in [0.29, 0.717) is 6.42 Å². The molecule has 3 aliphatic rings. The molecule has 1 aromatic rings. The molecule has 188 valence electrons. The number of aliphatic carboxylic acids is 1. The highest BCUT2D eigenvalue weighted by molar-refractivity contribution is 6.42. The average Bonchev–Trinajstić information content (AvgIpc) is 3.09. The van der Waals surface area contributed by atoms with Crippen molar-refractivity contribution in [1.29, 1.82) is 0 Å². The third-order valence-corrected chi connectivity index (χ3v) is 6.48. The number of alkyl halides is 3. The van der Waals surface area contributed by atoms with Gasteiger partial charge in [-0.05, 0) is 38.5 Å². The maximum absolute atomic E-state index is 13.5. The van der Waals surface area contributed by atoms with Crippen molar-refractivity contribution in [2.75, 3.05) is 5.43 Å². The Labute approximate surface area is 205 Å². The van der Waals surface area contributed by atoms with Gasteiger partial charge in [-0.2, -0.15) is 18.3 Å². The molecule has 0 radical (unpaired) electrons. The van der Waals surface area contributed by atoms with Crippen LogP contribution < -0.4 is 5.43 Å². The van der Waals surface area contributed by atoms with Crippen molar-refractivity contribution in [2.24, 2.45) is 11.0 Å². The van der Waals surface area contributed by atoms with E-state index < -0.39 is 41.6 Å². The summed E-state index contributed by atoms with van der Waals surface area (Å²) in [5.74, 6) is -2.72. The summed E-state index contributed by atoms with van der Waals surface area (Å²) < 4.78 is 40.4. The second-order valence-electron chi connectivity index (χ2n) is 8.77. The maximum Gasteiger partial charge on any atom is 0.416 e. The molecule has 1 saturated heterocycles. The van der Waals surface area contributed by atoms with E-state index in [1.807, 2.05) is 26.0 Å². The summed E-state index contributed by atoms with van der Waals surface area (Å²) in [5.41, 5.74) is 4.13. The van der Waals surface area contributed by atoms with E-state index in [1.165, 1.54) is 29.2 Å². The summed E-state index contributed by atoms with van der Waals surface area (Å²) in [4.78, 5) is 25.7. The van der Waals surface area contributed by atoms with Crippen LogP contribution in [0, 0.1) is 5.92 Å². The van der Waals surface area contributed by atoms with E-state index in [4.69, 9.17) is 5.11 Å². The van der Waals surface area contributed by atoms with Gasteiger partial charge >= 0.3 is 12.1 Å². The number of allylic oxidation sites excluding steroid dienone is 4. The topological polar surface area (TPSA) is 102 Å². The number of hydrazone groups is 1. The van der Waals surface area contributed by atoms with Gasteiger partial charge in [0.15, 0.2) is 0 Å². The lowest BCUT2D eigenvalue weighted by molar-refractivity contribution is -0.131. The first-order chi connectivity index (χ1) is 17.0. The molecule has 4 rings (SSSR count). The fourth-order valence-electron chi connectivity index (χ4n) is 4.47. The highest BCUT2D eigenvalue weighted by atomic mass is 19.4.